The Morgan fingerprint density at radius 3 is 3.00 bits per heavy atom. The number of hydrogen-bond donors (Lipinski definition) is 2. The SMILES string of the molecule is C[C@@H](c1ccc[nH]1)N(C)[C@@H]1CCNC1. The minimum absolute atomic E-state index is 0.481. The van der Waals surface area contributed by atoms with Gasteiger partial charge in [-0.3, -0.25) is 4.90 Å². The number of nitrogens with one attached hydrogen (secondary N) is 2. The zero-order valence-corrected chi connectivity index (χ0v) is 8.96. The minimum atomic E-state index is 0.481. The molecule has 14 heavy (non-hydrogen) atoms. The molecule has 1 saturated heterocycles. The zero-order chi connectivity index (χ0) is 9.97. The van der Waals surface area contributed by atoms with Gasteiger partial charge < -0.3 is 10.3 Å². The number of likely N-dealkylation sites (N-methyl/N-ethyl adjacent to an activating group) is 1. The predicted molar refractivity (Wildman–Crippen MR) is 58.2 cm³/mol. The Labute approximate surface area is 85.5 Å². The minimum Gasteiger partial charge on any atom is -0.364 e. The third-order valence-electron chi connectivity index (χ3n) is 3.29. The Morgan fingerprint density at radius 2 is 2.43 bits per heavy atom. The highest BCUT2D eigenvalue weighted by molar-refractivity contribution is 5.08. The van der Waals surface area contributed by atoms with E-state index >= 15 is 0 Å². The molecule has 1 fully saturated rings. The molecule has 2 atom stereocenters. The lowest BCUT2D eigenvalue weighted by Crippen LogP contribution is -2.35. The van der Waals surface area contributed by atoms with Gasteiger partial charge in [0.15, 0.2) is 0 Å². The standard InChI is InChI=1S/C11H19N3/c1-9(11-4-3-6-13-11)14(2)10-5-7-12-8-10/h3-4,6,9-10,12-13H,5,7-8H2,1-2H3/t9-,10+/m0/s1. The molecule has 0 radical (unpaired) electrons. The molecule has 1 aliphatic heterocycles. The maximum Gasteiger partial charge on any atom is 0.0470 e. The van der Waals surface area contributed by atoms with Crippen LogP contribution in [0.4, 0.5) is 0 Å². The lowest BCUT2D eigenvalue weighted by Gasteiger charge is -2.29. The molecular formula is C11H19N3. The fraction of sp³-hybridized carbons (Fsp3) is 0.636. The van der Waals surface area contributed by atoms with E-state index in [0.29, 0.717) is 12.1 Å². The first-order chi connectivity index (χ1) is 6.79. The van der Waals surface area contributed by atoms with Gasteiger partial charge in [0.2, 0.25) is 0 Å². The first-order valence-corrected chi connectivity index (χ1v) is 5.35. The van der Waals surface area contributed by atoms with Crippen molar-refractivity contribution in [2.45, 2.75) is 25.4 Å². The van der Waals surface area contributed by atoms with E-state index < -0.39 is 0 Å². The highest BCUT2D eigenvalue weighted by Gasteiger charge is 2.23. The van der Waals surface area contributed by atoms with Gasteiger partial charge in [-0.1, -0.05) is 0 Å². The van der Waals surface area contributed by atoms with Gasteiger partial charge in [-0.2, -0.15) is 0 Å². The average molecular weight is 193 g/mol. The Bertz CT molecular complexity index is 262. The van der Waals surface area contributed by atoms with Gasteiger partial charge in [0.25, 0.3) is 0 Å². The molecule has 0 amide bonds. The van der Waals surface area contributed by atoms with E-state index in [0.717, 1.165) is 13.1 Å². The Balaban J connectivity index is 2.00. The number of hydrogen-bond acceptors (Lipinski definition) is 2. The second-order valence-corrected chi connectivity index (χ2v) is 4.11. The van der Waals surface area contributed by atoms with Crippen LogP contribution >= 0.6 is 0 Å². The highest BCUT2D eigenvalue weighted by Crippen LogP contribution is 2.21. The molecule has 2 heterocycles. The lowest BCUT2D eigenvalue weighted by atomic mass is 10.1. The van der Waals surface area contributed by atoms with Crippen molar-refractivity contribution >= 4 is 0 Å². The summed E-state index contributed by atoms with van der Waals surface area (Å²) < 4.78 is 0. The maximum atomic E-state index is 3.40. The summed E-state index contributed by atoms with van der Waals surface area (Å²) in [5.74, 6) is 0. The number of aromatic amines is 1. The maximum absolute atomic E-state index is 3.40. The third-order valence-corrected chi connectivity index (χ3v) is 3.29. The Morgan fingerprint density at radius 1 is 1.57 bits per heavy atom. The van der Waals surface area contributed by atoms with Crippen molar-refractivity contribution < 1.29 is 0 Å². The van der Waals surface area contributed by atoms with Crippen LogP contribution in [-0.4, -0.2) is 36.1 Å². The van der Waals surface area contributed by atoms with Crippen LogP contribution in [0.1, 0.15) is 25.1 Å². The molecular weight excluding hydrogens is 174 g/mol. The van der Waals surface area contributed by atoms with Crippen molar-refractivity contribution in [3.63, 3.8) is 0 Å². The summed E-state index contributed by atoms with van der Waals surface area (Å²) in [6.45, 7) is 4.54. The molecule has 0 saturated carbocycles. The molecule has 1 aromatic rings. The second-order valence-electron chi connectivity index (χ2n) is 4.11. The van der Waals surface area contributed by atoms with Gasteiger partial charge >= 0.3 is 0 Å². The topological polar surface area (TPSA) is 31.1 Å². The average Bonchev–Trinajstić information content (AvgIpc) is 2.87. The van der Waals surface area contributed by atoms with E-state index in [-0.39, 0.29) is 0 Å². The largest absolute Gasteiger partial charge is 0.364 e. The molecule has 1 aliphatic rings. The molecule has 0 aromatic carbocycles. The molecule has 0 bridgehead atoms. The summed E-state index contributed by atoms with van der Waals surface area (Å²) in [6, 6.07) is 5.39. The smallest absolute Gasteiger partial charge is 0.0470 e. The van der Waals surface area contributed by atoms with Crippen molar-refractivity contribution in [3.8, 4) is 0 Å². The van der Waals surface area contributed by atoms with Crippen LogP contribution in [0, 0.1) is 0 Å². The molecule has 0 aliphatic carbocycles. The van der Waals surface area contributed by atoms with Crippen LogP contribution in [0.5, 0.6) is 0 Å². The van der Waals surface area contributed by atoms with Gasteiger partial charge in [-0.05, 0) is 39.1 Å². The summed E-state index contributed by atoms with van der Waals surface area (Å²) in [7, 11) is 2.21. The van der Waals surface area contributed by atoms with Crippen LogP contribution < -0.4 is 5.32 Å². The van der Waals surface area contributed by atoms with Crippen LogP contribution in [0.15, 0.2) is 18.3 Å². The number of aromatic nitrogens is 1. The normalized spacial score (nSPS) is 24.4. The van der Waals surface area contributed by atoms with Crippen molar-refractivity contribution in [1.82, 2.24) is 15.2 Å². The molecule has 3 heteroatoms. The first-order valence-electron chi connectivity index (χ1n) is 5.35. The molecule has 2 rings (SSSR count). The fourth-order valence-corrected chi connectivity index (χ4v) is 2.13. The van der Waals surface area contributed by atoms with Gasteiger partial charge in [0.1, 0.15) is 0 Å². The van der Waals surface area contributed by atoms with Gasteiger partial charge in [-0.15, -0.1) is 0 Å². The third kappa shape index (κ3) is 1.83. The summed E-state index contributed by atoms with van der Waals surface area (Å²) in [5, 5.41) is 3.40. The molecule has 78 valence electrons. The Hall–Kier alpha value is -0.800. The monoisotopic (exact) mass is 193 g/mol. The van der Waals surface area contributed by atoms with Crippen LogP contribution in [0.3, 0.4) is 0 Å². The van der Waals surface area contributed by atoms with Crippen LogP contribution in [0.2, 0.25) is 0 Å². The molecule has 0 unspecified atom stereocenters. The number of rotatable bonds is 3. The van der Waals surface area contributed by atoms with Gasteiger partial charge in [0, 0.05) is 30.5 Å². The van der Waals surface area contributed by atoms with Crippen molar-refractivity contribution in [2.24, 2.45) is 0 Å². The summed E-state index contributed by atoms with van der Waals surface area (Å²) >= 11 is 0. The quantitative estimate of drug-likeness (QED) is 0.759. The van der Waals surface area contributed by atoms with E-state index in [9.17, 15) is 0 Å². The number of nitrogens with zero attached hydrogens (tertiary/aromatic N) is 1. The van der Waals surface area contributed by atoms with Crippen molar-refractivity contribution in [2.75, 3.05) is 20.1 Å². The van der Waals surface area contributed by atoms with E-state index in [1.807, 2.05) is 6.20 Å². The predicted octanol–water partition coefficient (Wildman–Crippen LogP) is 1.37. The molecule has 3 nitrogen and oxygen atoms in total. The summed E-state index contributed by atoms with van der Waals surface area (Å²) in [5.41, 5.74) is 1.31. The van der Waals surface area contributed by atoms with E-state index in [1.54, 1.807) is 0 Å². The highest BCUT2D eigenvalue weighted by atomic mass is 15.2. The van der Waals surface area contributed by atoms with Gasteiger partial charge in [0.05, 0.1) is 0 Å². The summed E-state index contributed by atoms with van der Waals surface area (Å²) in [4.78, 5) is 5.73. The van der Waals surface area contributed by atoms with Crippen LogP contribution in [0.25, 0.3) is 0 Å². The Kier molecular flexibility index (Phi) is 2.89. The molecule has 1 aromatic heterocycles. The zero-order valence-electron chi connectivity index (χ0n) is 8.96. The van der Waals surface area contributed by atoms with Crippen molar-refractivity contribution in [1.29, 1.82) is 0 Å². The van der Waals surface area contributed by atoms with Gasteiger partial charge in [-0.25, -0.2) is 0 Å². The van der Waals surface area contributed by atoms with Crippen molar-refractivity contribution in [3.05, 3.63) is 24.0 Å². The second kappa shape index (κ2) is 4.15. The molecule has 0 spiro atoms. The van der Waals surface area contributed by atoms with E-state index in [1.165, 1.54) is 12.1 Å². The molecule has 2 N–H and O–H groups in total. The first kappa shape index (κ1) is 9.74. The number of H-pyrrole nitrogens is 1. The fourth-order valence-electron chi connectivity index (χ4n) is 2.13. The van der Waals surface area contributed by atoms with E-state index in [4.69, 9.17) is 0 Å². The summed E-state index contributed by atoms with van der Waals surface area (Å²) in [6.07, 6.45) is 3.26. The lowest BCUT2D eigenvalue weighted by molar-refractivity contribution is 0.194. The van der Waals surface area contributed by atoms with Crippen LogP contribution in [-0.2, 0) is 0 Å². The van der Waals surface area contributed by atoms with E-state index in [2.05, 4.69) is 41.3 Å².